The summed E-state index contributed by atoms with van der Waals surface area (Å²) in [6.07, 6.45) is 1.93. The van der Waals surface area contributed by atoms with Crippen molar-refractivity contribution >= 4 is 16.7 Å². The highest BCUT2D eigenvalue weighted by Gasteiger charge is 2.25. The van der Waals surface area contributed by atoms with Gasteiger partial charge in [-0.3, -0.25) is 9.00 Å². The highest BCUT2D eigenvalue weighted by molar-refractivity contribution is 7.84. The molecule has 4 N–H and O–H groups in total. The van der Waals surface area contributed by atoms with Gasteiger partial charge in [-0.05, 0) is 13.3 Å². The van der Waals surface area contributed by atoms with Crippen molar-refractivity contribution in [3.8, 4) is 0 Å². The Morgan fingerprint density at radius 2 is 2.09 bits per heavy atom. The Kier molecular flexibility index (Phi) is 3.68. The minimum atomic E-state index is -1.02. The van der Waals surface area contributed by atoms with Gasteiger partial charge in [-0.15, -0.1) is 0 Å². The van der Waals surface area contributed by atoms with Gasteiger partial charge < -0.3 is 11.5 Å². The Morgan fingerprint density at radius 1 is 1.64 bits per heavy atom. The Labute approximate surface area is 68.8 Å². The SMILES string of the molecule is CS(=O)CC[C@](C)(N)C(N)=O. The maximum absolute atomic E-state index is 10.6. The molecule has 11 heavy (non-hydrogen) atoms. The number of carbonyl (C=O) groups excluding carboxylic acids is 1. The molecule has 0 aliphatic carbocycles. The van der Waals surface area contributed by atoms with E-state index in [0.29, 0.717) is 12.2 Å². The highest BCUT2D eigenvalue weighted by atomic mass is 32.2. The maximum atomic E-state index is 10.6. The molecule has 0 aliphatic heterocycles. The van der Waals surface area contributed by atoms with Crippen LogP contribution >= 0.6 is 0 Å². The third-order valence-electron chi connectivity index (χ3n) is 1.47. The summed E-state index contributed by atoms with van der Waals surface area (Å²) in [7, 11) is -0.916. The van der Waals surface area contributed by atoms with E-state index in [1.165, 1.54) is 0 Å². The molecule has 5 heteroatoms. The molecule has 1 unspecified atom stereocenters. The standard InChI is InChI=1S/C6H14N2O2S/c1-6(8,5(7)9)3-4-11(2)10/h3-4,8H2,1-2H3,(H2,7,9)/t6-,11?/m0/s1. The smallest absolute Gasteiger partial charge is 0.237 e. The third-order valence-corrected chi connectivity index (χ3v) is 2.25. The molecular formula is C6H14N2O2S. The zero-order valence-corrected chi connectivity index (χ0v) is 7.61. The van der Waals surface area contributed by atoms with Gasteiger partial charge >= 0.3 is 0 Å². The van der Waals surface area contributed by atoms with Crippen molar-refractivity contribution in [1.29, 1.82) is 0 Å². The monoisotopic (exact) mass is 178 g/mol. The maximum Gasteiger partial charge on any atom is 0.237 e. The molecular weight excluding hydrogens is 164 g/mol. The van der Waals surface area contributed by atoms with Crippen LogP contribution in [0.15, 0.2) is 0 Å². The van der Waals surface area contributed by atoms with Gasteiger partial charge in [0.15, 0.2) is 0 Å². The van der Waals surface area contributed by atoms with Crippen molar-refractivity contribution in [1.82, 2.24) is 0 Å². The fraction of sp³-hybridized carbons (Fsp3) is 0.833. The number of carbonyl (C=O) groups is 1. The van der Waals surface area contributed by atoms with Crippen LogP contribution in [-0.4, -0.2) is 27.7 Å². The summed E-state index contributed by atoms with van der Waals surface area (Å²) in [5.41, 5.74) is 9.47. The predicted octanol–water partition coefficient (Wildman–Crippen LogP) is -1.04. The van der Waals surface area contributed by atoms with Gasteiger partial charge in [0.1, 0.15) is 0 Å². The van der Waals surface area contributed by atoms with Gasteiger partial charge in [-0.25, -0.2) is 0 Å². The van der Waals surface area contributed by atoms with Crippen molar-refractivity contribution in [2.45, 2.75) is 18.9 Å². The summed E-state index contributed by atoms with van der Waals surface area (Å²) in [6, 6.07) is 0. The van der Waals surface area contributed by atoms with E-state index in [2.05, 4.69) is 0 Å². The molecule has 0 saturated carbocycles. The summed E-state index contributed by atoms with van der Waals surface area (Å²) in [4.78, 5) is 10.6. The summed E-state index contributed by atoms with van der Waals surface area (Å²) >= 11 is 0. The van der Waals surface area contributed by atoms with E-state index in [1.807, 2.05) is 0 Å². The van der Waals surface area contributed by atoms with Gasteiger partial charge in [-0.2, -0.15) is 0 Å². The molecule has 0 aromatic heterocycles. The van der Waals surface area contributed by atoms with Crippen LogP contribution in [0.1, 0.15) is 13.3 Å². The lowest BCUT2D eigenvalue weighted by atomic mass is 10.0. The van der Waals surface area contributed by atoms with Crippen LogP contribution in [0.3, 0.4) is 0 Å². The van der Waals surface area contributed by atoms with Crippen LogP contribution < -0.4 is 11.5 Å². The van der Waals surface area contributed by atoms with Gasteiger partial charge in [0.2, 0.25) is 5.91 Å². The fourth-order valence-corrected chi connectivity index (χ4v) is 1.19. The van der Waals surface area contributed by atoms with Crippen molar-refractivity contribution in [3.63, 3.8) is 0 Å². The number of hydrogen-bond donors (Lipinski definition) is 2. The van der Waals surface area contributed by atoms with E-state index in [1.54, 1.807) is 13.2 Å². The van der Waals surface area contributed by atoms with Crippen molar-refractivity contribution in [2.24, 2.45) is 11.5 Å². The fourth-order valence-electron chi connectivity index (χ4n) is 0.479. The number of amides is 1. The van der Waals surface area contributed by atoms with Crippen molar-refractivity contribution < 1.29 is 9.00 Å². The Balaban J connectivity index is 3.92. The first-order valence-corrected chi connectivity index (χ1v) is 4.98. The minimum absolute atomic E-state index is 0.367. The molecule has 0 aliphatic rings. The van der Waals surface area contributed by atoms with Gasteiger partial charge in [0, 0.05) is 22.8 Å². The zero-order chi connectivity index (χ0) is 9.07. The second-order valence-electron chi connectivity index (χ2n) is 2.81. The molecule has 0 heterocycles. The van der Waals surface area contributed by atoms with Crippen molar-refractivity contribution in [3.05, 3.63) is 0 Å². The zero-order valence-electron chi connectivity index (χ0n) is 6.79. The number of nitrogens with two attached hydrogens (primary N) is 2. The highest BCUT2D eigenvalue weighted by Crippen LogP contribution is 2.04. The summed E-state index contributed by atoms with van der Waals surface area (Å²) in [5, 5.41) is 0. The van der Waals surface area contributed by atoms with E-state index in [0.717, 1.165) is 0 Å². The topological polar surface area (TPSA) is 86.2 Å². The molecule has 0 spiro atoms. The molecule has 0 aromatic carbocycles. The van der Waals surface area contributed by atoms with Crippen LogP contribution in [0, 0.1) is 0 Å². The molecule has 0 aromatic rings. The van der Waals surface area contributed by atoms with E-state index in [9.17, 15) is 9.00 Å². The van der Waals surface area contributed by atoms with Gasteiger partial charge in [-0.1, -0.05) is 0 Å². The van der Waals surface area contributed by atoms with E-state index < -0.39 is 22.2 Å². The molecule has 0 rings (SSSR count). The van der Waals surface area contributed by atoms with Crippen LogP contribution in [0.5, 0.6) is 0 Å². The summed E-state index contributed by atoms with van der Waals surface area (Å²) < 4.78 is 10.6. The Hall–Kier alpha value is -0.420. The average molecular weight is 178 g/mol. The lowest BCUT2D eigenvalue weighted by Gasteiger charge is -2.18. The normalized spacial score (nSPS) is 18.8. The number of primary amides is 1. The van der Waals surface area contributed by atoms with E-state index >= 15 is 0 Å². The number of rotatable bonds is 4. The van der Waals surface area contributed by atoms with Crippen LogP contribution in [-0.2, 0) is 15.6 Å². The molecule has 0 radical (unpaired) electrons. The van der Waals surface area contributed by atoms with Crippen LogP contribution in [0.2, 0.25) is 0 Å². The average Bonchev–Trinajstić information content (AvgIpc) is 1.84. The van der Waals surface area contributed by atoms with Gasteiger partial charge in [0.05, 0.1) is 5.54 Å². The third kappa shape index (κ3) is 4.10. The Bertz CT molecular complexity index is 179. The second kappa shape index (κ2) is 3.82. The molecule has 4 nitrogen and oxygen atoms in total. The second-order valence-corrected chi connectivity index (χ2v) is 4.36. The van der Waals surface area contributed by atoms with Crippen molar-refractivity contribution in [2.75, 3.05) is 12.0 Å². The first kappa shape index (κ1) is 10.6. The molecule has 0 bridgehead atoms. The first-order valence-electron chi connectivity index (χ1n) is 3.25. The molecule has 1 amide bonds. The van der Waals surface area contributed by atoms with Crippen LogP contribution in [0.4, 0.5) is 0 Å². The van der Waals surface area contributed by atoms with E-state index in [-0.39, 0.29) is 0 Å². The molecule has 0 fully saturated rings. The largest absolute Gasteiger partial charge is 0.368 e. The summed E-state index contributed by atoms with van der Waals surface area (Å²) in [6.45, 7) is 1.54. The van der Waals surface area contributed by atoms with E-state index in [4.69, 9.17) is 11.5 Å². The number of hydrogen-bond acceptors (Lipinski definition) is 3. The molecule has 0 saturated heterocycles. The predicted molar refractivity (Wildman–Crippen MR) is 45.3 cm³/mol. The summed E-state index contributed by atoms with van der Waals surface area (Å²) in [5.74, 6) is -0.140. The van der Waals surface area contributed by atoms with Gasteiger partial charge in [0.25, 0.3) is 0 Å². The molecule has 2 atom stereocenters. The lowest BCUT2D eigenvalue weighted by Crippen LogP contribution is -2.50. The van der Waals surface area contributed by atoms with Crippen LogP contribution in [0.25, 0.3) is 0 Å². The quantitative estimate of drug-likeness (QED) is 0.576. The first-order chi connectivity index (χ1) is 4.86. The molecule has 66 valence electrons. The Morgan fingerprint density at radius 3 is 2.36 bits per heavy atom. The lowest BCUT2D eigenvalue weighted by molar-refractivity contribution is -0.122. The minimum Gasteiger partial charge on any atom is -0.368 e.